The van der Waals surface area contributed by atoms with Crippen LogP contribution in [-0.2, 0) is 11.3 Å². The molecule has 2 aliphatic heterocycles. The Morgan fingerprint density at radius 1 is 1.30 bits per heavy atom. The number of likely N-dealkylation sites (tertiary alicyclic amines) is 1. The first-order valence-electron chi connectivity index (χ1n) is 9.71. The van der Waals surface area contributed by atoms with Gasteiger partial charge in [-0.05, 0) is 43.7 Å². The van der Waals surface area contributed by atoms with Crippen molar-refractivity contribution in [2.75, 3.05) is 45.2 Å². The van der Waals surface area contributed by atoms with E-state index in [4.69, 9.17) is 4.42 Å². The Labute approximate surface area is 160 Å². The molecule has 2 atom stereocenters. The summed E-state index contributed by atoms with van der Waals surface area (Å²) < 4.78 is 5.55. The molecule has 4 heterocycles. The molecule has 2 fully saturated rings. The molecule has 0 unspecified atom stereocenters. The molecular formula is C21H28N4O2. The second kappa shape index (κ2) is 7.35. The first-order valence-corrected chi connectivity index (χ1v) is 9.71. The molecule has 2 aromatic heterocycles. The van der Waals surface area contributed by atoms with Crippen LogP contribution in [0.3, 0.4) is 0 Å². The molecule has 0 bridgehead atoms. The fourth-order valence-electron chi connectivity index (χ4n) is 4.79. The van der Waals surface area contributed by atoms with Crippen LogP contribution < -0.4 is 4.90 Å². The number of nitrogens with zero attached hydrogens (tertiary/aromatic N) is 4. The highest BCUT2D eigenvalue weighted by Crippen LogP contribution is 2.45. The molecule has 4 rings (SSSR count). The Morgan fingerprint density at radius 3 is 2.89 bits per heavy atom. The molecule has 1 amide bonds. The Hall–Kier alpha value is -2.34. The van der Waals surface area contributed by atoms with Gasteiger partial charge in [-0.2, -0.15) is 0 Å². The summed E-state index contributed by atoms with van der Waals surface area (Å²) in [7, 11) is 3.76. The molecule has 0 aliphatic carbocycles. The summed E-state index contributed by atoms with van der Waals surface area (Å²) in [5, 5.41) is 0. The number of aromatic nitrogens is 1. The van der Waals surface area contributed by atoms with Gasteiger partial charge in [0.05, 0.1) is 18.2 Å². The molecule has 27 heavy (non-hydrogen) atoms. The number of carbonyl (C=O) groups is 1. The van der Waals surface area contributed by atoms with Gasteiger partial charge in [-0.15, -0.1) is 0 Å². The Morgan fingerprint density at radius 2 is 2.19 bits per heavy atom. The van der Waals surface area contributed by atoms with Crippen molar-refractivity contribution in [2.45, 2.75) is 19.4 Å². The number of pyridine rings is 1. The van der Waals surface area contributed by atoms with Gasteiger partial charge < -0.3 is 14.2 Å². The molecule has 0 aromatic carbocycles. The smallest absolute Gasteiger partial charge is 0.230 e. The third-order valence-corrected chi connectivity index (χ3v) is 6.04. The SMILES string of the molecule is CN(C)C(=O)[C@]12CCCN(Cc3ccco3)C[C@H]1CN(c1ccccn1)C2. The van der Waals surface area contributed by atoms with E-state index in [-0.39, 0.29) is 17.2 Å². The van der Waals surface area contributed by atoms with Gasteiger partial charge in [0.2, 0.25) is 5.91 Å². The number of hydrogen-bond donors (Lipinski definition) is 0. The predicted octanol–water partition coefficient (Wildman–Crippen LogP) is 2.48. The first-order chi connectivity index (χ1) is 13.1. The van der Waals surface area contributed by atoms with Gasteiger partial charge in [0.15, 0.2) is 0 Å². The third-order valence-electron chi connectivity index (χ3n) is 6.04. The maximum Gasteiger partial charge on any atom is 0.230 e. The Balaban J connectivity index is 1.60. The lowest BCUT2D eigenvalue weighted by Crippen LogP contribution is -2.47. The van der Waals surface area contributed by atoms with Gasteiger partial charge in [0.1, 0.15) is 11.6 Å². The van der Waals surface area contributed by atoms with E-state index in [2.05, 4.69) is 14.8 Å². The van der Waals surface area contributed by atoms with Crippen LogP contribution in [-0.4, -0.2) is 61.0 Å². The van der Waals surface area contributed by atoms with Crippen molar-refractivity contribution in [1.82, 2.24) is 14.8 Å². The molecule has 6 heteroatoms. The summed E-state index contributed by atoms with van der Waals surface area (Å²) in [5.74, 6) is 2.49. The third kappa shape index (κ3) is 3.46. The zero-order chi connectivity index (χ0) is 18.9. The van der Waals surface area contributed by atoms with Gasteiger partial charge in [0.25, 0.3) is 0 Å². The number of anilines is 1. The average Bonchev–Trinajstić information content (AvgIpc) is 3.27. The van der Waals surface area contributed by atoms with Crippen molar-refractivity contribution in [3.05, 3.63) is 48.6 Å². The lowest BCUT2D eigenvalue weighted by molar-refractivity contribution is -0.141. The Kier molecular flexibility index (Phi) is 4.91. The molecule has 0 saturated carbocycles. The number of furan rings is 1. The minimum Gasteiger partial charge on any atom is -0.468 e. The molecular weight excluding hydrogens is 340 g/mol. The van der Waals surface area contributed by atoms with E-state index in [9.17, 15) is 4.79 Å². The first kappa shape index (κ1) is 18.0. The monoisotopic (exact) mass is 368 g/mol. The second-order valence-corrected chi connectivity index (χ2v) is 8.04. The molecule has 0 radical (unpaired) electrons. The van der Waals surface area contributed by atoms with Crippen LogP contribution in [0.15, 0.2) is 47.2 Å². The van der Waals surface area contributed by atoms with Crippen molar-refractivity contribution in [1.29, 1.82) is 0 Å². The highest BCUT2D eigenvalue weighted by molar-refractivity contribution is 5.84. The van der Waals surface area contributed by atoms with Crippen LogP contribution in [0, 0.1) is 11.3 Å². The van der Waals surface area contributed by atoms with E-state index in [1.54, 1.807) is 11.2 Å². The van der Waals surface area contributed by atoms with Gasteiger partial charge in [-0.3, -0.25) is 9.69 Å². The summed E-state index contributed by atoms with van der Waals surface area (Å²) in [6, 6.07) is 9.95. The summed E-state index contributed by atoms with van der Waals surface area (Å²) in [6.07, 6.45) is 5.50. The Bertz CT molecular complexity index is 762. The van der Waals surface area contributed by atoms with E-state index in [1.807, 2.05) is 50.6 Å². The van der Waals surface area contributed by atoms with Crippen LogP contribution >= 0.6 is 0 Å². The maximum atomic E-state index is 13.3. The minimum atomic E-state index is -0.334. The number of carbonyl (C=O) groups excluding carboxylic acids is 1. The normalized spacial score (nSPS) is 25.9. The van der Waals surface area contributed by atoms with Crippen molar-refractivity contribution < 1.29 is 9.21 Å². The van der Waals surface area contributed by atoms with E-state index in [0.29, 0.717) is 0 Å². The predicted molar refractivity (Wildman–Crippen MR) is 104 cm³/mol. The van der Waals surface area contributed by atoms with Gasteiger partial charge in [-0.25, -0.2) is 4.98 Å². The number of hydrogen-bond acceptors (Lipinski definition) is 5. The van der Waals surface area contributed by atoms with Gasteiger partial charge in [0, 0.05) is 45.8 Å². The van der Waals surface area contributed by atoms with Crippen LogP contribution in [0.5, 0.6) is 0 Å². The zero-order valence-electron chi connectivity index (χ0n) is 16.2. The van der Waals surface area contributed by atoms with Crippen molar-refractivity contribution >= 4 is 11.7 Å². The maximum absolute atomic E-state index is 13.3. The quantitative estimate of drug-likeness (QED) is 0.830. The van der Waals surface area contributed by atoms with Crippen LogP contribution in [0.1, 0.15) is 18.6 Å². The zero-order valence-corrected chi connectivity index (χ0v) is 16.2. The summed E-state index contributed by atoms with van der Waals surface area (Å²) in [6.45, 7) is 4.33. The molecule has 0 spiro atoms. The molecule has 2 saturated heterocycles. The van der Waals surface area contributed by atoms with Crippen molar-refractivity contribution in [3.8, 4) is 0 Å². The highest BCUT2D eigenvalue weighted by atomic mass is 16.3. The lowest BCUT2D eigenvalue weighted by atomic mass is 9.74. The highest BCUT2D eigenvalue weighted by Gasteiger charge is 2.53. The molecule has 144 valence electrons. The minimum absolute atomic E-state index is 0.255. The van der Waals surface area contributed by atoms with E-state index in [0.717, 1.165) is 57.1 Å². The van der Waals surface area contributed by atoms with E-state index in [1.165, 1.54) is 0 Å². The van der Waals surface area contributed by atoms with Crippen LogP contribution in [0.25, 0.3) is 0 Å². The van der Waals surface area contributed by atoms with E-state index >= 15 is 0 Å². The largest absolute Gasteiger partial charge is 0.468 e. The van der Waals surface area contributed by atoms with Crippen molar-refractivity contribution in [2.24, 2.45) is 11.3 Å². The molecule has 2 aromatic rings. The van der Waals surface area contributed by atoms with Crippen LogP contribution in [0.4, 0.5) is 5.82 Å². The average molecular weight is 368 g/mol. The summed E-state index contributed by atoms with van der Waals surface area (Å²) >= 11 is 0. The number of fused-ring (bicyclic) bond motifs is 1. The fraction of sp³-hybridized carbons (Fsp3) is 0.524. The lowest BCUT2D eigenvalue weighted by Gasteiger charge is -2.34. The summed E-state index contributed by atoms with van der Waals surface area (Å²) in [4.78, 5) is 24.3. The molecule has 0 N–H and O–H groups in total. The fourth-order valence-corrected chi connectivity index (χ4v) is 4.79. The second-order valence-electron chi connectivity index (χ2n) is 8.04. The van der Waals surface area contributed by atoms with Gasteiger partial charge >= 0.3 is 0 Å². The molecule has 2 aliphatic rings. The standard InChI is InChI=1S/C21H28N4O2/c1-23(2)20(26)21-9-6-11-24(15-18-7-5-12-27-18)13-17(21)14-25(16-21)19-8-3-4-10-22-19/h3-5,7-8,10,12,17H,6,9,11,13-16H2,1-2H3/t17-,21-/m0/s1. The molecule has 6 nitrogen and oxygen atoms in total. The summed E-state index contributed by atoms with van der Waals surface area (Å²) in [5.41, 5.74) is -0.334. The van der Waals surface area contributed by atoms with E-state index < -0.39 is 0 Å². The number of amides is 1. The topological polar surface area (TPSA) is 52.8 Å². The number of rotatable bonds is 4. The van der Waals surface area contributed by atoms with Gasteiger partial charge in [-0.1, -0.05) is 6.07 Å². The van der Waals surface area contributed by atoms with Crippen molar-refractivity contribution in [3.63, 3.8) is 0 Å². The van der Waals surface area contributed by atoms with Crippen LogP contribution in [0.2, 0.25) is 0 Å².